The molecule has 0 aromatic heterocycles. The molecule has 0 aromatic carbocycles. The fourth-order valence-corrected chi connectivity index (χ4v) is 4.09. The van der Waals surface area contributed by atoms with Crippen LogP contribution in [0, 0.1) is 0 Å². The molecule has 1 saturated heterocycles. The minimum atomic E-state index is 0.166. The van der Waals surface area contributed by atoms with Crippen molar-refractivity contribution < 1.29 is 14.3 Å². The van der Waals surface area contributed by atoms with Gasteiger partial charge in [0.05, 0.1) is 6.10 Å². The lowest BCUT2D eigenvalue weighted by molar-refractivity contribution is -0.144. The van der Waals surface area contributed by atoms with E-state index in [1.165, 1.54) is 38.5 Å². The van der Waals surface area contributed by atoms with Gasteiger partial charge in [-0.05, 0) is 60.4 Å². The van der Waals surface area contributed by atoms with E-state index in [1.54, 1.807) is 0 Å². The molecule has 0 saturated carbocycles. The van der Waals surface area contributed by atoms with Crippen molar-refractivity contribution in [3.63, 3.8) is 0 Å². The molecule has 0 bridgehead atoms. The van der Waals surface area contributed by atoms with Gasteiger partial charge in [-0.3, -0.25) is 4.90 Å². The fraction of sp³-hybridized carbons (Fsp3) is 0.955. The third kappa shape index (κ3) is 8.96. The molecule has 154 valence electrons. The maximum atomic E-state index is 10.2. The summed E-state index contributed by atoms with van der Waals surface area (Å²) in [7, 11) is 2.22. The van der Waals surface area contributed by atoms with Crippen LogP contribution in [0.4, 0.5) is 0 Å². The first-order valence-electron chi connectivity index (χ1n) is 10.7. The number of carbonyl (C=O) groups is 1. The number of rotatable bonds is 14. The number of unbranched alkanes of at least 4 members (excludes halogenated alkanes) is 8. The van der Waals surface area contributed by atoms with Gasteiger partial charge in [0, 0.05) is 24.1 Å². The smallest absolute Gasteiger partial charge is 0.147 e. The van der Waals surface area contributed by atoms with Gasteiger partial charge < -0.3 is 14.3 Å². The standard InChI is InChI=1S/C22H43NO3/c1-21(2)17-20(18-22(3,4)23(21)5)26-19-25-16-14-12-10-8-6-7-9-11-13-15-24/h15,20H,6-14,16-19H2,1-5H3. The molecule has 1 heterocycles. The Hall–Kier alpha value is -0.450. The van der Waals surface area contributed by atoms with Gasteiger partial charge in [-0.15, -0.1) is 0 Å². The number of hydrogen-bond acceptors (Lipinski definition) is 4. The van der Waals surface area contributed by atoms with Gasteiger partial charge in [-0.25, -0.2) is 0 Å². The van der Waals surface area contributed by atoms with Gasteiger partial charge in [-0.2, -0.15) is 0 Å². The molecular weight excluding hydrogens is 326 g/mol. The normalized spacial score (nSPS) is 20.3. The average Bonchev–Trinajstić information content (AvgIpc) is 2.56. The van der Waals surface area contributed by atoms with Gasteiger partial charge in [0.25, 0.3) is 0 Å². The zero-order chi connectivity index (χ0) is 19.5. The van der Waals surface area contributed by atoms with Crippen LogP contribution < -0.4 is 0 Å². The molecule has 0 aliphatic carbocycles. The van der Waals surface area contributed by atoms with Crippen LogP contribution >= 0.6 is 0 Å². The summed E-state index contributed by atoms with van der Waals surface area (Å²) in [4.78, 5) is 12.7. The molecule has 1 rings (SSSR count). The lowest BCUT2D eigenvalue weighted by atomic mass is 9.79. The molecule has 0 atom stereocenters. The van der Waals surface area contributed by atoms with Crippen LogP contribution in [0.2, 0.25) is 0 Å². The number of hydrogen-bond donors (Lipinski definition) is 0. The average molecular weight is 370 g/mol. The Balaban J connectivity index is 1.97. The maximum absolute atomic E-state index is 10.2. The highest BCUT2D eigenvalue weighted by molar-refractivity contribution is 5.48. The predicted octanol–water partition coefficient (Wildman–Crippen LogP) is 5.34. The Kier molecular flexibility index (Phi) is 11.0. The second-order valence-electron chi connectivity index (χ2n) is 9.19. The van der Waals surface area contributed by atoms with Crippen LogP contribution in [-0.2, 0) is 14.3 Å². The number of likely N-dealkylation sites (tertiary alicyclic amines) is 1. The highest BCUT2D eigenvalue weighted by Crippen LogP contribution is 2.37. The van der Waals surface area contributed by atoms with E-state index in [1.807, 2.05) is 0 Å². The summed E-state index contributed by atoms with van der Waals surface area (Å²) >= 11 is 0. The third-order valence-electron chi connectivity index (χ3n) is 6.02. The van der Waals surface area contributed by atoms with E-state index in [0.717, 1.165) is 45.0 Å². The Morgan fingerprint density at radius 3 is 1.92 bits per heavy atom. The lowest BCUT2D eigenvalue weighted by Gasteiger charge is -2.53. The van der Waals surface area contributed by atoms with E-state index in [0.29, 0.717) is 6.79 Å². The summed E-state index contributed by atoms with van der Waals surface area (Å²) < 4.78 is 11.7. The van der Waals surface area contributed by atoms with Crippen molar-refractivity contribution in [3.8, 4) is 0 Å². The zero-order valence-electron chi connectivity index (χ0n) is 18.0. The molecule has 0 amide bonds. The highest BCUT2D eigenvalue weighted by Gasteiger charge is 2.43. The van der Waals surface area contributed by atoms with Crippen molar-refractivity contribution in [2.75, 3.05) is 20.4 Å². The first-order chi connectivity index (χ1) is 12.3. The van der Waals surface area contributed by atoms with Crippen LogP contribution in [0.15, 0.2) is 0 Å². The third-order valence-corrected chi connectivity index (χ3v) is 6.02. The molecule has 4 heteroatoms. The Bertz CT molecular complexity index is 364. The van der Waals surface area contributed by atoms with Crippen molar-refractivity contribution in [1.29, 1.82) is 0 Å². The number of nitrogens with zero attached hydrogens (tertiary/aromatic N) is 1. The molecule has 1 aliphatic heterocycles. The van der Waals surface area contributed by atoms with Crippen molar-refractivity contribution >= 4 is 6.29 Å². The van der Waals surface area contributed by atoms with Gasteiger partial charge in [0.15, 0.2) is 0 Å². The predicted molar refractivity (Wildman–Crippen MR) is 108 cm³/mol. The van der Waals surface area contributed by atoms with Gasteiger partial charge in [0.2, 0.25) is 0 Å². The van der Waals surface area contributed by atoms with E-state index in [2.05, 4.69) is 39.6 Å². The Morgan fingerprint density at radius 2 is 1.38 bits per heavy atom. The summed E-state index contributed by atoms with van der Waals surface area (Å²) in [5, 5.41) is 0. The van der Waals surface area contributed by atoms with Crippen LogP contribution in [0.25, 0.3) is 0 Å². The van der Waals surface area contributed by atoms with Crippen molar-refractivity contribution in [2.45, 2.75) is 116 Å². The van der Waals surface area contributed by atoms with Gasteiger partial charge in [-0.1, -0.05) is 38.5 Å². The van der Waals surface area contributed by atoms with Crippen LogP contribution in [0.1, 0.15) is 98.3 Å². The maximum Gasteiger partial charge on any atom is 0.147 e. The van der Waals surface area contributed by atoms with Crippen LogP contribution in [0.3, 0.4) is 0 Å². The first kappa shape index (κ1) is 23.6. The van der Waals surface area contributed by atoms with Crippen LogP contribution in [0.5, 0.6) is 0 Å². The van der Waals surface area contributed by atoms with Gasteiger partial charge >= 0.3 is 0 Å². The topological polar surface area (TPSA) is 38.8 Å². The van der Waals surface area contributed by atoms with E-state index in [9.17, 15) is 4.79 Å². The summed E-state index contributed by atoms with van der Waals surface area (Å²) in [6, 6.07) is 0. The summed E-state index contributed by atoms with van der Waals surface area (Å²) in [6.45, 7) is 10.4. The molecule has 0 unspecified atom stereocenters. The van der Waals surface area contributed by atoms with E-state index in [4.69, 9.17) is 9.47 Å². The lowest BCUT2D eigenvalue weighted by Crippen LogP contribution is -2.60. The summed E-state index contributed by atoms with van der Waals surface area (Å²) in [5.74, 6) is 0. The number of ether oxygens (including phenoxy) is 2. The van der Waals surface area contributed by atoms with E-state index in [-0.39, 0.29) is 17.2 Å². The monoisotopic (exact) mass is 369 g/mol. The molecule has 4 nitrogen and oxygen atoms in total. The van der Waals surface area contributed by atoms with Gasteiger partial charge in [0.1, 0.15) is 13.1 Å². The number of aldehydes is 1. The molecule has 1 aliphatic rings. The summed E-state index contributed by atoms with van der Waals surface area (Å²) in [5.41, 5.74) is 0.333. The Labute approximate surface area is 162 Å². The molecule has 26 heavy (non-hydrogen) atoms. The minimum Gasteiger partial charge on any atom is -0.355 e. The van der Waals surface area contributed by atoms with Crippen molar-refractivity contribution in [3.05, 3.63) is 0 Å². The molecule has 1 fully saturated rings. The second kappa shape index (κ2) is 12.1. The van der Waals surface area contributed by atoms with Crippen molar-refractivity contribution in [1.82, 2.24) is 4.90 Å². The fourth-order valence-electron chi connectivity index (χ4n) is 4.09. The quantitative estimate of drug-likeness (QED) is 0.235. The SMILES string of the molecule is CN1C(C)(C)CC(OCOCCCCCCCCCCC=O)CC1(C)C. The first-order valence-corrected chi connectivity index (χ1v) is 10.7. The van der Waals surface area contributed by atoms with Crippen LogP contribution in [-0.4, -0.2) is 48.8 Å². The summed E-state index contributed by atoms with van der Waals surface area (Å²) in [6.07, 6.45) is 13.9. The highest BCUT2D eigenvalue weighted by atomic mass is 16.7. The zero-order valence-corrected chi connectivity index (χ0v) is 18.0. The molecule has 0 aromatic rings. The molecule has 0 radical (unpaired) electrons. The molecule has 0 spiro atoms. The second-order valence-corrected chi connectivity index (χ2v) is 9.19. The minimum absolute atomic E-state index is 0.166. The van der Waals surface area contributed by atoms with E-state index >= 15 is 0 Å². The largest absolute Gasteiger partial charge is 0.355 e. The number of carbonyl (C=O) groups excluding carboxylic acids is 1. The molecule has 0 N–H and O–H groups in total. The number of piperidine rings is 1. The Morgan fingerprint density at radius 1 is 0.885 bits per heavy atom. The van der Waals surface area contributed by atoms with E-state index < -0.39 is 0 Å². The van der Waals surface area contributed by atoms with Crippen molar-refractivity contribution in [2.24, 2.45) is 0 Å². The molecular formula is C22H43NO3.